The number of hydrogen-bond donors (Lipinski definition) is 2. The highest BCUT2D eigenvalue weighted by Gasteiger charge is 2.52. The van der Waals surface area contributed by atoms with Crippen molar-refractivity contribution in [3.05, 3.63) is 48.2 Å². The van der Waals surface area contributed by atoms with Crippen molar-refractivity contribution in [3.8, 4) is 11.3 Å². The highest BCUT2D eigenvalue weighted by atomic mass is 32.2. The number of carbonyl (C=O) groups is 1. The molecule has 0 radical (unpaired) electrons. The number of nitrogens with zero attached hydrogens (tertiary/aromatic N) is 1. The van der Waals surface area contributed by atoms with Gasteiger partial charge in [0.05, 0.1) is 10.6 Å². The van der Waals surface area contributed by atoms with Gasteiger partial charge in [0.1, 0.15) is 0 Å². The van der Waals surface area contributed by atoms with Gasteiger partial charge in [-0.05, 0) is 55.4 Å². The Morgan fingerprint density at radius 3 is 2.37 bits per heavy atom. The molecule has 0 bridgehead atoms. The first kappa shape index (κ1) is 22.4. The molecule has 2 aromatic rings. The molecule has 3 rings (SSSR count). The third kappa shape index (κ3) is 4.40. The van der Waals surface area contributed by atoms with Crippen LogP contribution in [-0.4, -0.2) is 42.5 Å². The average Bonchev–Trinajstić information content (AvgIpc) is 2.78. The summed E-state index contributed by atoms with van der Waals surface area (Å²) >= 11 is 0. The molecule has 0 atom stereocenters. The largest absolute Gasteiger partial charge is 0.381 e. The molecule has 1 fully saturated rings. The van der Waals surface area contributed by atoms with E-state index in [1.54, 1.807) is 12.1 Å². The number of pyridine rings is 1. The molecule has 1 aromatic carbocycles. The van der Waals surface area contributed by atoms with E-state index >= 15 is 0 Å². The first-order valence-electron chi connectivity index (χ1n) is 10.1. The number of aryl methyl sites for hydroxylation is 1. The monoisotopic (exact) mass is 432 g/mol. The lowest BCUT2D eigenvalue weighted by atomic mass is 9.98. The first-order valence-corrected chi connectivity index (χ1v) is 11.6. The standard InChI is InChI=1S/C22H28N2O5S/c1-16(2)3-4-17-5-10-20(23-15-17)18-6-8-19(9-7-18)30(27,28)22(21(25)24-26)11-13-29-14-12-22/h5-10,15-16,26H,3-4,11-14H2,1-2H3,(H,24,25). The van der Waals surface area contributed by atoms with E-state index in [9.17, 15) is 13.2 Å². The minimum absolute atomic E-state index is 0.0110. The van der Waals surface area contributed by atoms with Crippen LogP contribution in [0.5, 0.6) is 0 Å². The summed E-state index contributed by atoms with van der Waals surface area (Å²) in [6, 6.07) is 10.3. The summed E-state index contributed by atoms with van der Waals surface area (Å²) in [7, 11) is -4.03. The van der Waals surface area contributed by atoms with Crippen molar-refractivity contribution >= 4 is 15.7 Å². The van der Waals surface area contributed by atoms with Crippen LogP contribution in [0.2, 0.25) is 0 Å². The Morgan fingerprint density at radius 2 is 1.83 bits per heavy atom. The number of carbonyl (C=O) groups excluding carboxylic acids is 1. The van der Waals surface area contributed by atoms with E-state index < -0.39 is 20.5 Å². The van der Waals surface area contributed by atoms with Gasteiger partial charge in [0.15, 0.2) is 14.6 Å². The molecule has 2 N–H and O–H groups in total. The number of aromatic nitrogens is 1. The van der Waals surface area contributed by atoms with E-state index in [0.29, 0.717) is 5.92 Å². The molecule has 1 amide bonds. The van der Waals surface area contributed by atoms with Gasteiger partial charge in [-0.1, -0.05) is 32.0 Å². The Labute approximate surface area is 177 Å². The minimum Gasteiger partial charge on any atom is -0.381 e. The number of benzene rings is 1. The number of hydroxylamine groups is 1. The topological polar surface area (TPSA) is 106 Å². The fraction of sp³-hybridized carbons (Fsp3) is 0.455. The molecule has 162 valence electrons. The summed E-state index contributed by atoms with van der Waals surface area (Å²) in [5.41, 5.74) is 4.24. The molecule has 2 heterocycles. The van der Waals surface area contributed by atoms with Gasteiger partial charge in [0, 0.05) is 25.0 Å². The summed E-state index contributed by atoms with van der Waals surface area (Å²) in [5.74, 6) is -0.292. The van der Waals surface area contributed by atoms with Crippen LogP contribution in [-0.2, 0) is 25.8 Å². The van der Waals surface area contributed by atoms with E-state index in [0.717, 1.165) is 24.1 Å². The Morgan fingerprint density at radius 1 is 1.17 bits per heavy atom. The van der Waals surface area contributed by atoms with Crippen LogP contribution < -0.4 is 5.48 Å². The second-order valence-corrected chi connectivity index (χ2v) is 10.3. The van der Waals surface area contributed by atoms with Crippen molar-refractivity contribution in [2.45, 2.75) is 49.2 Å². The van der Waals surface area contributed by atoms with Crippen molar-refractivity contribution in [1.82, 2.24) is 10.5 Å². The maximum atomic E-state index is 13.3. The molecule has 1 aromatic heterocycles. The smallest absolute Gasteiger partial charge is 0.265 e. The Hall–Kier alpha value is -2.29. The fourth-order valence-electron chi connectivity index (χ4n) is 3.65. The zero-order valence-electron chi connectivity index (χ0n) is 17.3. The average molecular weight is 433 g/mol. The number of ether oxygens (including phenoxy) is 1. The van der Waals surface area contributed by atoms with E-state index in [-0.39, 0.29) is 31.0 Å². The van der Waals surface area contributed by atoms with Crippen LogP contribution in [0.15, 0.2) is 47.5 Å². The molecule has 0 aliphatic carbocycles. The lowest BCUT2D eigenvalue weighted by molar-refractivity contribution is -0.134. The quantitative estimate of drug-likeness (QED) is 0.514. The molecule has 0 spiro atoms. The van der Waals surface area contributed by atoms with Crippen LogP contribution in [0.3, 0.4) is 0 Å². The molecule has 30 heavy (non-hydrogen) atoms. The van der Waals surface area contributed by atoms with Crippen LogP contribution in [0.4, 0.5) is 0 Å². The van der Waals surface area contributed by atoms with Crippen molar-refractivity contribution < 1.29 is 23.2 Å². The number of rotatable bonds is 7. The molecular weight excluding hydrogens is 404 g/mol. The van der Waals surface area contributed by atoms with Gasteiger partial charge < -0.3 is 4.74 Å². The predicted molar refractivity (Wildman–Crippen MR) is 113 cm³/mol. The summed E-state index contributed by atoms with van der Waals surface area (Å²) in [6.45, 7) is 4.65. The third-order valence-corrected chi connectivity index (χ3v) is 8.14. The Balaban J connectivity index is 1.84. The number of sulfone groups is 1. The highest BCUT2D eigenvalue weighted by molar-refractivity contribution is 7.93. The third-order valence-electron chi connectivity index (χ3n) is 5.63. The summed E-state index contributed by atoms with van der Waals surface area (Å²) < 4.78 is 30.1. The number of nitrogens with one attached hydrogen (secondary N) is 1. The van der Waals surface area contributed by atoms with E-state index in [4.69, 9.17) is 9.94 Å². The fourth-order valence-corrected chi connectivity index (χ4v) is 5.59. The normalized spacial score (nSPS) is 16.4. The molecule has 0 saturated carbocycles. The van der Waals surface area contributed by atoms with Gasteiger partial charge in [-0.2, -0.15) is 0 Å². The lowest BCUT2D eigenvalue weighted by Gasteiger charge is -2.34. The van der Waals surface area contributed by atoms with Crippen LogP contribution >= 0.6 is 0 Å². The molecule has 1 aliphatic heterocycles. The van der Waals surface area contributed by atoms with Crippen molar-refractivity contribution in [2.24, 2.45) is 5.92 Å². The van der Waals surface area contributed by atoms with E-state index in [1.807, 2.05) is 18.3 Å². The minimum atomic E-state index is -4.03. The first-order chi connectivity index (χ1) is 14.3. The number of hydrogen-bond acceptors (Lipinski definition) is 6. The Kier molecular flexibility index (Phi) is 6.90. The summed E-state index contributed by atoms with van der Waals surface area (Å²) in [4.78, 5) is 16.9. The molecule has 8 heteroatoms. The lowest BCUT2D eigenvalue weighted by Crippen LogP contribution is -2.54. The van der Waals surface area contributed by atoms with Gasteiger partial charge in [-0.15, -0.1) is 0 Å². The molecule has 1 saturated heterocycles. The maximum absolute atomic E-state index is 13.3. The second-order valence-electron chi connectivity index (χ2n) is 8.06. The van der Waals surface area contributed by atoms with Crippen molar-refractivity contribution in [1.29, 1.82) is 0 Å². The van der Waals surface area contributed by atoms with Crippen molar-refractivity contribution in [2.75, 3.05) is 13.2 Å². The van der Waals surface area contributed by atoms with Crippen LogP contribution in [0.25, 0.3) is 11.3 Å². The van der Waals surface area contributed by atoms with Crippen LogP contribution in [0.1, 0.15) is 38.7 Å². The molecule has 7 nitrogen and oxygen atoms in total. The Bertz CT molecular complexity index is 964. The van der Waals surface area contributed by atoms with Crippen LogP contribution in [0, 0.1) is 5.92 Å². The zero-order valence-corrected chi connectivity index (χ0v) is 18.1. The zero-order chi connectivity index (χ0) is 21.8. The van der Waals surface area contributed by atoms with E-state index in [1.165, 1.54) is 23.2 Å². The van der Waals surface area contributed by atoms with Gasteiger partial charge in [0.25, 0.3) is 5.91 Å². The molecular formula is C22H28N2O5S. The predicted octanol–water partition coefficient (Wildman–Crippen LogP) is 3.17. The van der Waals surface area contributed by atoms with Gasteiger partial charge >= 0.3 is 0 Å². The van der Waals surface area contributed by atoms with Gasteiger partial charge in [0.2, 0.25) is 0 Å². The maximum Gasteiger partial charge on any atom is 0.265 e. The summed E-state index contributed by atoms with van der Waals surface area (Å²) in [5, 5.41) is 9.13. The second kappa shape index (κ2) is 9.24. The SMILES string of the molecule is CC(C)CCc1ccc(-c2ccc(S(=O)(=O)C3(C(=O)NO)CCOCC3)cc2)nc1. The van der Waals surface area contributed by atoms with Gasteiger partial charge in [-0.3, -0.25) is 15.0 Å². The van der Waals surface area contributed by atoms with E-state index in [2.05, 4.69) is 18.8 Å². The molecule has 1 aliphatic rings. The number of amides is 1. The van der Waals surface area contributed by atoms with Gasteiger partial charge in [-0.25, -0.2) is 13.9 Å². The molecule has 0 unspecified atom stereocenters. The highest BCUT2D eigenvalue weighted by Crippen LogP contribution is 2.35. The van der Waals surface area contributed by atoms with Crippen molar-refractivity contribution in [3.63, 3.8) is 0 Å². The summed E-state index contributed by atoms with van der Waals surface area (Å²) in [6.07, 6.45) is 3.90.